The Morgan fingerprint density at radius 1 is 1.14 bits per heavy atom. The minimum Gasteiger partial charge on any atom is -0.487 e. The summed E-state index contributed by atoms with van der Waals surface area (Å²) in [6.07, 6.45) is 8.71. The lowest BCUT2D eigenvalue weighted by Gasteiger charge is -2.47. The summed E-state index contributed by atoms with van der Waals surface area (Å²) < 4.78 is 12.1. The van der Waals surface area contributed by atoms with Crippen molar-refractivity contribution in [3.8, 4) is 5.75 Å². The number of para-hydroxylation sites is 1. The number of amides is 1. The zero-order valence-electron chi connectivity index (χ0n) is 16.9. The van der Waals surface area contributed by atoms with Gasteiger partial charge in [0.2, 0.25) is 5.91 Å². The minimum atomic E-state index is -0.157. The second-order valence-electron chi connectivity index (χ2n) is 8.98. The first-order valence-electron chi connectivity index (χ1n) is 11.0. The normalized spacial score (nSPS) is 23.8. The SMILES string of the molecule is O=C(C[C@@H]1CC2(CCN(Cc3ccco3)CC2)Oc2ccccc21)NC1CCC1. The lowest BCUT2D eigenvalue weighted by atomic mass is 9.76. The van der Waals surface area contributed by atoms with Crippen LogP contribution < -0.4 is 10.1 Å². The molecule has 0 radical (unpaired) electrons. The molecule has 1 saturated carbocycles. The fourth-order valence-corrected chi connectivity index (χ4v) is 5.04. The number of nitrogens with zero attached hydrogens (tertiary/aromatic N) is 1. The predicted molar refractivity (Wildman–Crippen MR) is 111 cm³/mol. The first-order valence-corrected chi connectivity index (χ1v) is 11.0. The maximum Gasteiger partial charge on any atom is 0.220 e. The van der Waals surface area contributed by atoms with Crippen molar-refractivity contribution in [2.24, 2.45) is 0 Å². The van der Waals surface area contributed by atoms with Crippen LogP contribution >= 0.6 is 0 Å². The summed E-state index contributed by atoms with van der Waals surface area (Å²) in [5.74, 6) is 2.42. The summed E-state index contributed by atoms with van der Waals surface area (Å²) in [6.45, 7) is 2.83. The highest BCUT2D eigenvalue weighted by molar-refractivity contribution is 5.77. The van der Waals surface area contributed by atoms with E-state index in [-0.39, 0.29) is 17.4 Å². The molecule has 5 nitrogen and oxygen atoms in total. The monoisotopic (exact) mass is 394 g/mol. The van der Waals surface area contributed by atoms with Crippen molar-refractivity contribution in [3.05, 3.63) is 54.0 Å². The highest BCUT2D eigenvalue weighted by atomic mass is 16.5. The molecule has 3 heterocycles. The molecule has 1 spiro atoms. The van der Waals surface area contributed by atoms with Gasteiger partial charge in [-0.1, -0.05) is 18.2 Å². The molecule has 2 fully saturated rings. The van der Waals surface area contributed by atoms with Crippen LogP contribution in [0.4, 0.5) is 0 Å². The van der Waals surface area contributed by atoms with Crippen LogP contribution in [0.5, 0.6) is 5.75 Å². The molecule has 2 aliphatic heterocycles. The largest absolute Gasteiger partial charge is 0.487 e. The van der Waals surface area contributed by atoms with E-state index in [1.54, 1.807) is 6.26 Å². The summed E-state index contributed by atoms with van der Waals surface area (Å²) in [7, 11) is 0. The van der Waals surface area contributed by atoms with Gasteiger partial charge in [-0.2, -0.15) is 0 Å². The van der Waals surface area contributed by atoms with Crippen LogP contribution in [-0.4, -0.2) is 35.5 Å². The molecule has 1 saturated heterocycles. The van der Waals surface area contributed by atoms with Gasteiger partial charge >= 0.3 is 0 Å². The second kappa shape index (κ2) is 7.86. The Kier molecular flexibility index (Phi) is 5.08. The fourth-order valence-electron chi connectivity index (χ4n) is 5.04. The average molecular weight is 395 g/mol. The zero-order chi connectivity index (χ0) is 19.7. The maximum absolute atomic E-state index is 12.7. The van der Waals surface area contributed by atoms with Gasteiger partial charge in [0.05, 0.1) is 12.8 Å². The zero-order valence-corrected chi connectivity index (χ0v) is 16.9. The first kappa shape index (κ1) is 18.7. The standard InChI is InChI=1S/C24H30N2O3/c27-23(25-19-5-3-6-19)15-18-16-24(29-22-9-2-1-8-21(18)22)10-12-26(13-11-24)17-20-7-4-14-28-20/h1-2,4,7-9,14,18-19H,3,5-6,10-13,15-17H2,(H,25,27)/t18-/m1/s1. The van der Waals surface area contributed by atoms with Crippen molar-refractivity contribution < 1.29 is 13.9 Å². The van der Waals surface area contributed by atoms with Crippen LogP contribution in [0.3, 0.4) is 0 Å². The van der Waals surface area contributed by atoms with Crippen LogP contribution in [0, 0.1) is 0 Å². The van der Waals surface area contributed by atoms with Gasteiger partial charge in [-0.05, 0) is 62.3 Å². The molecule has 5 heteroatoms. The van der Waals surface area contributed by atoms with E-state index in [9.17, 15) is 4.79 Å². The number of furan rings is 1. The average Bonchev–Trinajstić information content (AvgIpc) is 3.20. The smallest absolute Gasteiger partial charge is 0.220 e. The summed E-state index contributed by atoms with van der Waals surface area (Å²) in [6, 6.07) is 12.7. The van der Waals surface area contributed by atoms with Crippen LogP contribution in [0.1, 0.15) is 62.2 Å². The van der Waals surface area contributed by atoms with E-state index in [2.05, 4.69) is 28.4 Å². The second-order valence-corrected chi connectivity index (χ2v) is 8.98. The van der Waals surface area contributed by atoms with Crippen molar-refractivity contribution in [3.63, 3.8) is 0 Å². The third-order valence-electron chi connectivity index (χ3n) is 6.93. The molecule has 1 aromatic carbocycles. The molecule has 1 aliphatic carbocycles. The number of fused-ring (bicyclic) bond motifs is 1. The van der Waals surface area contributed by atoms with E-state index in [0.29, 0.717) is 12.5 Å². The van der Waals surface area contributed by atoms with Gasteiger partial charge in [0.1, 0.15) is 17.1 Å². The first-order chi connectivity index (χ1) is 14.2. The van der Waals surface area contributed by atoms with Crippen LogP contribution in [0.25, 0.3) is 0 Å². The molecule has 1 N–H and O–H groups in total. The number of rotatable bonds is 5. The number of ether oxygens (including phenoxy) is 1. The number of carbonyl (C=O) groups excluding carboxylic acids is 1. The van der Waals surface area contributed by atoms with Crippen LogP contribution in [-0.2, 0) is 11.3 Å². The molecule has 5 rings (SSSR count). The van der Waals surface area contributed by atoms with Crippen molar-refractivity contribution in [2.45, 2.75) is 69.1 Å². The number of likely N-dealkylation sites (tertiary alicyclic amines) is 1. The van der Waals surface area contributed by atoms with Gasteiger partial charge in [0.15, 0.2) is 0 Å². The summed E-state index contributed by atoms with van der Waals surface area (Å²) in [5, 5.41) is 3.22. The van der Waals surface area contributed by atoms with E-state index in [1.165, 1.54) is 12.0 Å². The van der Waals surface area contributed by atoms with Crippen molar-refractivity contribution in [1.82, 2.24) is 10.2 Å². The molecule has 1 aromatic heterocycles. The highest BCUT2D eigenvalue weighted by Gasteiger charge is 2.43. The van der Waals surface area contributed by atoms with Gasteiger partial charge in [-0.15, -0.1) is 0 Å². The van der Waals surface area contributed by atoms with Gasteiger partial charge < -0.3 is 14.5 Å². The molecular weight excluding hydrogens is 364 g/mol. The Hall–Kier alpha value is -2.27. The predicted octanol–water partition coefficient (Wildman–Crippen LogP) is 4.24. The number of hydrogen-bond acceptors (Lipinski definition) is 4. The Labute approximate surface area is 172 Å². The lowest BCUT2D eigenvalue weighted by molar-refractivity contribution is -0.123. The van der Waals surface area contributed by atoms with Crippen molar-refractivity contribution in [1.29, 1.82) is 0 Å². The molecule has 154 valence electrons. The summed E-state index contributed by atoms with van der Waals surface area (Å²) in [5.41, 5.74) is 1.04. The van der Waals surface area contributed by atoms with Crippen LogP contribution in [0.2, 0.25) is 0 Å². The Bertz CT molecular complexity index is 836. The third kappa shape index (κ3) is 4.06. The van der Waals surface area contributed by atoms with E-state index in [0.717, 1.165) is 63.2 Å². The van der Waals surface area contributed by atoms with E-state index in [4.69, 9.17) is 9.15 Å². The Morgan fingerprint density at radius 3 is 2.69 bits per heavy atom. The molecular formula is C24H30N2O3. The molecule has 29 heavy (non-hydrogen) atoms. The number of benzene rings is 1. The van der Waals surface area contributed by atoms with Gasteiger partial charge in [0, 0.05) is 31.5 Å². The highest BCUT2D eigenvalue weighted by Crippen LogP contribution is 2.46. The Balaban J connectivity index is 1.27. The molecule has 1 amide bonds. The lowest BCUT2D eigenvalue weighted by Crippen LogP contribution is -2.50. The number of piperidine rings is 1. The minimum absolute atomic E-state index is 0.157. The van der Waals surface area contributed by atoms with Crippen molar-refractivity contribution in [2.75, 3.05) is 13.1 Å². The Morgan fingerprint density at radius 2 is 1.97 bits per heavy atom. The van der Waals surface area contributed by atoms with Gasteiger partial charge in [-0.25, -0.2) is 0 Å². The number of nitrogens with one attached hydrogen (secondary N) is 1. The topological polar surface area (TPSA) is 54.7 Å². The fraction of sp³-hybridized carbons (Fsp3) is 0.542. The van der Waals surface area contributed by atoms with E-state index >= 15 is 0 Å². The van der Waals surface area contributed by atoms with E-state index < -0.39 is 0 Å². The molecule has 1 atom stereocenters. The molecule has 2 aromatic rings. The van der Waals surface area contributed by atoms with Gasteiger partial charge in [0.25, 0.3) is 0 Å². The number of hydrogen-bond donors (Lipinski definition) is 1. The summed E-state index contributed by atoms with van der Waals surface area (Å²) >= 11 is 0. The van der Waals surface area contributed by atoms with Gasteiger partial charge in [-0.3, -0.25) is 9.69 Å². The molecule has 3 aliphatic rings. The summed E-state index contributed by atoms with van der Waals surface area (Å²) in [4.78, 5) is 15.1. The maximum atomic E-state index is 12.7. The van der Waals surface area contributed by atoms with E-state index in [1.807, 2.05) is 18.2 Å². The molecule has 0 bridgehead atoms. The molecule has 0 unspecified atom stereocenters. The third-order valence-corrected chi connectivity index (χ3v) is 6.93. The van der Waals surface area contributed by atoms with Crippen LogP contribution in [0.15, 0.2) is 47.1 Å². The number of carbonyl (C=O) groups is 1. The van der Waals surface area contributed by atoms with Crippen molar-refractivity contribution >= 4 is 5.91 Å². The quantitative estimate of drug-likeness (QED) is 0.824.